The Labute approximate surface area is 232 Å². The van der Waals surface area contributed by atoms with Gasteiger partial charge in [-0.3, -0.25) is 9.20 Å². The summed E-state index contributed by atoms with van der Waals surface area (Å²) in [6.07, 6.45) is 2.73. The predicted octanol–water partition coefficient (Wildman–Crippen LogP) is 5.55. The largest absolute Gasteiger partial charge is 0.347 e. The number of allylic oxidation sites excluding steroid dienone is 1. The molecule has 7 nitrogen and oxygen atoms in total. The van der Waals surface area contributed by atoms with Gasteiger partial charge in [0.05, 0.1) is 10.5 Å². The average Bonchev–Trinajstić information content (AvgIpc) is 2.97. The molecule has 0 saturated heterocycles. The number of fused-ring (bicyclic) bond motifs is 1. The Morgan fingerprint density at radius 2 is 1.45 bits per heavy atom. The van der Waals surface area contributed by atoms with Gasteiger partial charge in [-0.25, -0.2) is 13.4 Å². The summed E-state index contributed by atoms with van der Waals surface area (Å²) in [5.41, 5.74) is 2.80. The van der Waals surface area contributed by atoms with Crippen molar-refractivity contribution in [2.24, 2.45) is 0 Å². The maximum atomic E-state index is 13.9. The van der Waals surface area contributed by atoms with E-state index in [9.17, 15) is 18.5 Å². The van der Waals surface area contributed by atoms with E-state index in [1.807, 2.05) is 78.6 Å². The lowest BCUT2D eigenvalue weighted by molar-refractivity contribution is 0.603. The monoisotopic (exact) mass is 546 g/mol. The highest BCUT2D eigenvalue weighted by Gasteiger charge is 2.25. The highest BCUT2D eigenvalue weighted by atomic mass is 32.2. The van der Waals surface area contributed by atoms with Gasteiger partial charge in [-0.15, -0.1) is 0 Å². The first kappa shape index (κ1) is 26.6. The van der Waals surface area contributed by atoms with Gasteiger partial charge in [-0.2, -0.15) is 5.26 Å². The highest BCUT2D eigenvalue weighted by molar-refractivity contribution is 7.95. The van der Waals surface area contributed by atoms with Crippen LogP contribution in [0.2, 0.25) is 0 Å². The molecule has 0 N–H and O–H groups in total. The molecule has 0 unspecified atom stereocenters. The van der Waals surface area contributed by atoms with Crippen molar-refractivity contribution in [2.45, 2.75) is 24.9 Å². The summed E-state index contributed by atoms with van der Waals surface area (Å²) in [6.45, 7) is 2.65. The second-order valence-electron chi connectivity index (χ2n) is 9.35. The fourth-order valence-electron chi connectivity index (χ4n) is 4.42. The van der Waals surface area contributed by atoms with E-state index < -0.39 is 20.3 Å². The fraction of sp³-hybridized carbons (Fsp3) is 0.0938. The SMILES string of the molecule is Cc1ccc(S(=O)(=O)C(C#N)=Cc2c(N(Cc3ccccc3)Cc3ccccc3)nc3ccccn3c2=O)cc1. The van der Waals surface area contributed by atoms with Gasteiger partial charge in [-0.05, 0) is 48.4 Å². The Morgan fingerprint density at radius 3 is 2.02 bits per heavy atom. The Kier molecular flexibility index (Phi) is 7.58. The third-order valence-corrected chi connectivity index (χ3v) is 8.17. The first-order chi connectivity index (χ1) is 19.4. The van der Waals surface area contributed by atoms with Crippen molar-refractivity contribution < 1.29 is 8.42 Å². The van der Waals surface area contributed by atoms with Gasteiger partial charge in [0.1, 0.15) is 22.4 Å². The summed E-state index contributed by atoms with van der Waals surface area (Å²) in [6, 6.07) is 32.8. The fourth-order valence-corrected chi connectivity index (χ4v) is 5.56. The third kappa shape index (κ3) is 5.55. The van der Waals surface area contributed by atoms with Crippen LogP contribution < -0.4 is 10.5 Å². The van der Waals surface area contributed by atoms with Crippen molar-refractivity contribution in [3.8, 4) is 6.07 Å². The quantitative estimate of drug-likeness (QED) is 0.237. The van der Waals surface area contributed by atoms with E-state index in [1.54, 1.807) is 36.5 Å². The van der Waals surface area contributed by atoms with E-state index in [4.69, 9.17) is 4.98 Å². The summed E-state index contributed by atoms with van der Waals surface area (Å²) in [7, 11) is -4.19. The number of hydrogen-bond acceptors (Lipinski definition) is 6. The van der Waals surface area contributed by atoms with Gasteiger partial charge in [0.15, 0.2) is 0 Å². The first-order valence-electron chi connectivity index (χ1n) is 12.6. The van der Waals surface area contributed by atoms with Crippen LogP contribution in [0.15, 0.2) is 124 Å². The second-order valence-corrected chi connectivity index (χ2v) is 11.3. The molecule has 0 aliphatic carbocycles. The van der Waals surface area contributed by atoms with Crippen LogP contribution in [0.1, 0.15) is 22.3 Å². The number of nitrogens with zero attached hydrogens (tertiary/aromatic N) is 4. The van der Waals surface area contributed by atoms with Gasteiger partial charge in [0.2, 0.25) is 9.84 Å². The minimum Gasteiger partial charge on any atom is -0.347 e. The van der Waals surface area contributed by atoms with Crippen molar-refractivity contribution in [3.05, 3.63) is 147 Å². The Hall–Kier alpha value is -5.00. The number of sulfone groups is 1. The summed E-state index contributed by atoms with van der Waals surface area (Å²) in [5, 5.41) is 10.0. The molecule has 8 heteroatoms. The predicted molar refractivity (Wildman–Crippen MR) is 156 cm³/mol. The number of anilines is 1. The van der Waals surface area contributed by atoms with Gasteiger partial charge in [-0.1, -0.05) is 84.4 Å². The minimum absolute atomic E-state index is 0.0165. The van der Waals surface area contributed by atoms with Gasteiger partial charge < -0.3 is 4.90 Å². The molecule has 0 aliphatic rings. The van der Waals surface area contributed by atoms with E-state index in [0.717, 1.165) is 22.8 Å². The minimum atomic E-state index is -4.19. The maximum Gasteiger partial charge on any atom is 0.267 e. The molecule has 5 rings (SSSR count). The molecule has 2 aromatic heterocycles. The van der Waals surface area contributed by atoms with Crippen LogP contribution in [0.25, 0.3) is 11.7 Å². The molecule has 2 heterocycles. The van der Waals surface area contributed by atoms with Gasteiger partial charge in [0.25, 0.3) is 5.56 Å². The summed E-state index contributed by atoms with van der Waals surface area (Å²) < 4.78 is 28.3. The van der Waals surface area contributed by atoms with Crippen LogP contribution in [0.5, 0.6) is 0 Å². The molecule has 3 aromatic carbocycles. The zero-order valence-electron chi connectivity index (χ0n) is 21.8. The molecule has 0 atom stereocenters. The zero-order valence-corrected chi connectivity index (χ0v) is 22.6. The molecule has 0 amide bonds. The molecule has 0 saturated carbocycles. The van der Waals surface area contributed by atoms with Gasteiger partial charge >= 0.3 is 0 Å². The smallest absolute Gasteiger partial charge is 0.267 e. The first-order valence-corrected chi connectivity index (χ1v) is 14.1. The summed E-state index contributed by atoms with van der Waals surface area (Å²) >= 11 is 0. The van der Waals surface area contributed by atoms with Crippen molar-refractivity contribution >= 4 is 27.4 Å². The molecule has 40 heavy (non-hydrogen) atoms. The van der Waals surface area contributed by atoms with Crippen LogP contribution in [0, 0.1) is 18.3 Å². The number of benzene rings is 3. The van der Waals surface area contributed by atoms with Crippen LogP contribution in [0.3, 0.4) is 0 Å². The number of nitriles is 1. The number of aryl methyl sites for hydroxylation is 1. The number of rotatable bonds is 8. The number of aromatic nitrogens is 2. The third-order valence-electron chi connectivity index (χ3n) is 6.49. The molecule has 198 valence electrons. The average molecular weight is 547 g/mol. The lowest BCUT2D eigenvalue weighted by Gasteiger charge is -2.26. The number of pyridine rings is 1. The van der Waals surface area contributed by atoms with Gasteiger partial charge in [0, 0.05) is 19.3 Å². The van der Waals surface area contributed by atoms with Crippen molar-refractivity contribution in [3.63, 3.8) is 0 Å². The van der Waals surface area contributed by atoms with Crippen LogP contribution in [0.4, 0.5) is 5.82 Å². The molecule has 0 aliphatic heterocycles. The zero-order chi connectivity index (χ0) is 28.1. The standard InChI is InChI=1S/C32H26N4O3S/c1-24-15-17-27(18-16-24)40(38,39)28(21-33)20-29-31(34-30-14-8-9-19-36(30)32(29)37)35(22-25-10-4-2-5-11-25)23-26-12-6-3-7-13-26/h2-20H,22-23H2,1H3. The van der Waals surface area contributed by atoms with Crippen LogP contribution >= 0.6 is 0 Å². The molecular weight excluding hydrogens is 520 g/mol. The second kappa shape index (κ2) is 11.4. The molecule has 0 radical (unpaired) electrons. The van der Waals surface area contributed by atoms with Crippen LogP contribution in [-0.2, 0) is 22.9 Å². The number of hydrogen-bond donors (Lipinski definition) is 0. The Balaban J connectivity index is 1.74. The maximum absolute atomic E-state index is 13.9. The topological polar surface area (TPSA) is 95.5 Å². The van der Waals surface area contributed by atoms with E-state index in [0.29, 0.717) is 18.7 Å². The van der Waals surface area contributed by atoms with Crippen molar-refractivity contribution in [1.82, 2.24) is 9.38 Å². The highest BCUT2D eigenvalue weighted by Crippen LogP contribution is 2.27. The Morgan fingerprint density at radius 1 is 0.875 bits per heavy atom. The molecule has 5 aromatic rings. The van der Waals surface area contributed by atoms with Crippen LogP contribution in [-0.4, -0.2) is 17.8 Å². The molecular formula is C32H26N4O3S. The normalized spacial score (nSPS) is 11.8. The van der Waals surface area contributed by atoms with E-state index in [1.165, 1.54) is 16.5 Å². The Bertz CT molecular complexity index is 1850. The molecule has 0 spiro atoms. The molecule has 0 bridgehead atoms. The van der Waals surface area contributed by atoms with E-state index in [-0.39, 0.29) is 16.3 Å². The van der Waals surface area contributed by atoms with E-state index >= 15 is 0 Å². The summed E-state index contributed by atoms with van der Waals surface area (Å²) in [4.78, 5) is 20.1. The molecule has 0 fully saturated rings. The summed E-state index contributed by atoms with van der Waals surface area (Å²) in [5.74, 6) is 0.288. The lowest BCUT2D eigenvalue weighted by Crippen LogP contribution is -2.29. The van der Waals surface area contributed by atoms with E-state index in [2.05, 4.69) is 0 Å². The van der Waals surface area contributed by atoms with Crippen molar-refractivity contribution in [2.75, 3.05) is 4.90 Å². The van der Waals surface area contributed by atoms with Crippen molar-refractivity contribution in [1.29, 1.82) is 5.26 Å². The lowest BCUT2D eigenvalue weighted by atomic mass is 10.1.